The second-order valence-corrected chi connectivity index (χ2v) is 6.53. The normalized spacial score (nSPS) is 15.1. The molecule has 1 aliphatic carbocycles. The second kappa shape index (κ2) is 8.23. The third-order valence-corrected chi connectivity index (χ3v) is 4.44. The lowest BCUT2D eigenvalue weighted by Crippen LogP contribution is -2.33. The minimum absolute atomic E-state index is 0.262. The number of nitrogens with zero attached hydrogens (tertiary/aromatic N) is 1. The van der Waals surface area contributed by atoms with Crippen LogP contribution in [0.3, 0.4) is 0 Å². The summed E-state index contributed by atoms with van der Waals surface area (Å²) in [6.45, 7) is 4.93. The van der Waals surface area contributed by atoms with Gasteiger partial charge in [-0.05, 0) is 37.0 Å². The molecule has 0 bridgehead atoms. The van der Waals surface area contributed by atoms with Crippen molar-refractivity contribution in [2.45, 2.75) is 58.5 Å². The van der Waals surface area contributed by atoms with E-state index < -0.39 is 0 Å². The van der Waals surface area contributed by atoms with E-state index in [0.29, 0.717) is 24.9 Å². The van der Waals surface area contributed by atoms with Gasteiger partial charge in [-0.25, -0.2) is 0 Å². The van der Waals surface area contributed by atoms with Crippen molar-refractivity contribution < 1.29 is 14.3 Å². The number of benzene rings is 1. The molecule has 1 amide bonds. The Morgan fingerprint density at radius 1 is 1.30 bits per heavy atom. The molecule has 1 aliphatic rings. The predicted octanol–water partition coefficient (Wildman–Crippen LogP) is 4.02. The van der Waals surface area contributed by atoms with Crippen LogP contribution in [0.25, 0.3) is 0 Å². The van der Waals surface area contributed by atoms with Gasteiger partial charge in [-0.1, -0.05) is 26.7 Å². The van der Waals surface area contributed by atoms with Crippen molar-refractivity contribution in [2.24, 2.45) is 5.92 Å². The number of amides is 1. The van der Waals surface area contributed by atoms with Crippen LogP contribution in [0.1, 0.15) is 51.5 Å². The van der Waals surface area contributed by atoms with Crippen LogP contribution in [0.2, 0.25) is 0 Å². The third-order valence-electron chi connectivity index (χ3n) is 4.44. The Hall–Kier alpha value is -1.71. The molecule has 0 radical (unpaired) electrons. The zero-order chi connectivity index (χ0) is 16.8. The first-order valence-electron chi connectivity index (χ1n) is 8.59. The predicted molar refractivity (Wildman–Crippen MR) is 91.8 cm³/mol. The molecular weight excluding hydrogens is 290 g/mol. The topological polar surface area (TPSA) is 38.8 Å². The Morgan fingerprint density at radius 2 is 2.04 bits per heavy atom. The first kappa shape index (κ1) is 17.6. The summed E-state index contributed by atoms with van der Waals surface area (Å²) in [5, 5.41) is 0. The molecule has 128 valence electrons. The second-order valence-electron chi connectivity index (χ2n) is 6.53. The molecule has 1 atom stereocenters. The maximum absolute atomic E-state index is 12.7. The summed E-state index contributed by atoms with van der Waals surface area (Å²) in [5.74, 6) is 2.31. The van der Waals surface area contributed by atoms with Crippen molar-refractivity contribution in [3.05, 3.63) is 23.8 Å². The summed E-state index contributed by atoms with van der Waals surface area (Å²) in [6.07, 6.45) is 5.09. The van der Waals surface area contributed by atoms with Crippen molar-refractivity contribution in [3.63, 3.8) is 0 Å². The van der Waals surface area contributed by atoms with Crippen LogP contribution in [-0.4, -0.2) is 31.1 Å². The SMILES string of the molecule is CCCC(C)CC(=O)N(Cc1cc(OC)ccc1OC)C1CC1. The highest BCUT2D eigenvalue weighted by atomic mass is 16.5. The zero-order valence-electron chi connectivity index (χ0n) is 14.8. The number of ether oxygens (including phenoxy) is 2. The lowest BCUT2D eigenvalue weighted by Gasteiger charge is -2.25. The number of hydrogen-bond acceptors (Lipinski definition) is 3. The Kier molecular flexibility index (Phi) is 6.31. The average molecular weight is 319 g/mol. The Bertz CT molecular complexity index is 525. The van der Waals surface area contributed by atoms with Gasteiger partial charge in [-0.3, -0.25) is 4.79 Å². The van der Waals surface area contributed by atoms with Crippen molar-refractivity contribution >= 4 is 5.91 Å². The fourth-order valence-electron chi connectivity index (χ4n) is 3.01. The van der Waals surface area contributed by atoms with Crippen molar-refractivity contribution in [3.8, 4) is 11.5 Å². The van der Waals surface area contributed by atoms with E-state index in [9.17, 15) is 4.79 Å². The Labute approximate surface area is 139 Å². The van der Waals surface area contributed by atoms with Gasteiger partial charge >= 0.3 is 0 Å². The van der Waals surface area contributed by atoms with Gasteiger partial charge in [-0.15, -0.1) is 0 Å². The van der Waals surface area contributed by atoms with E-state index in [1.165, 1.54) is 0 Å². The van der Waals surface area contributed by atoms with Gasteiger partial charge in [0, 0.05) is 24.6 Å². The van der Waals surface area contributed by atoms with Crippen molar-refractivity contribution in [2.75, 3.05) is 14.2 Å². The highest BCUT2D eigenvalue weighted by molar-refractivity contribution is 5.77. The molecule has 0 spiro atoms. The van der Waals surface area contributed by atoms with E-state index in [1.54, 1.807) is 14.2 Å². The third kappa shape index (κ3) is 4.88. The maximum atomic E-state index is 12.7. The zero-order valence-corrected chi connectivity index (χ0v) is 14.8. The number of rotatable bonds is 9. The van der Waals surface area contributed by atoms with E-state index >= 15 is 0 Å². The molecule has 0 N–H and O–H groups in total. The molecule has 23 heavy (non-hydrogen) atoms. The lowest BCUT2D eigenvalue weighted by molar-refractivity contribution is -0.133. The number of hydrogen-bond donors (Lipinski definition) is 0. The van der Waals surface area contributed by atoms with Crippen molar-refractivity contribution in [1.82, 2.24) is 4.90 Å². The molecule has 1 saturated carbocycles. The first-order chi connectivity index (χ1) is 11.1. The van der Waals surface area contributed by atoms with E-state index in [2.05, 4.69) is 13.8 Å². The van der Waals surface area contributed by atoms with E-state index in [0.717, 1.165) is 42.7 Å². The van der Waals surface area contributed by atoms with Gasteiger partial charge in [0.2, 0.25) is 5.91 Å². The monoisotopic (exact) mass is 319 g/mol. The first-order valence-corrected chi connectivity index (χ1v) is 8.59. The summed E-state index contributed by atoms with van der Waals surface area (Å²) >= 11 is 0. The van der Waals surface area contributed by atoms with Crippen LogP contribution >= 0.6 is 0 Å². The summed E-state index contributed by atoms with van der Waals surface area (Å²) in [4.78, 5) is 14.8. The smallest absolute Gasteiger partial charge is 0.223 e. The molecule has 0 aromatic heterocycles. The fourth-order valence-corrected chi connectivity index (χ4v) is 3.01. The number of carbonyl (C=O) groups excluding carboxylic acids is 1. The summed E-state index contributed by atoms with van der Waals surface area (Å²) in [6, 6.07) is 6.15. The molecule has 4 nitrogen and oxygen atoms in total. The van der Waals surface area contributed by atoms with Gasteiger partial charge in [-0.2, -0.15) is 0 Å². The summed E-state index contributed by atoms with van der Waals surface area (Å²) < 4.78 is 10.8. The lowest BCUT2D eigenvalue weighted by atomic mass is 10.0. The molecule has 1 aromatic rings. The number of carbonyl (C=O) groups is 1. The number of methoxy groups -OCH3 is 2. The molecule has 0 saturated heterocycles. The van der Waals surface area contributed by atoms with E-state index in [1.807, 2.05) is 23.1 Å². The molecule has 4 heteroatoms. The molecule has 0 aliphatic heterocycles. The summed E-state index contributed by atoms with van der Waals surface area (Å²) in [5.41, 5.74) is 1.01. The summed E-state index contributed by atoms with van der Waals surface area (Å²) in [7, 11) is 3.32. The fraction of sp³-hybridized carbons (Fsp3) is 0.632. The van der Waals surface area contributed by atoms with Gasteiger partial charge < -0.3 is 14.4 Å². The maximum Gasteiger partial charge on any atom is 0.223 e. The Balaban J connectivity index is 2.11. The van der Waals surface area contributed by atoms with Crippen LogP contribution in [0.5, 0.6) is 11.5 Å². The quantitative estimate of drug-likeness (QED) is 0.690. The van der Waals surface area contributed by atoms with Crippen molar-refractivity contribution in [1.29, 1.82) is 0 Å². The molecule has 1 aromatic carbocycles. The van der Waals surface area contributed by atoms with Crippen LogP contribution in [-0.2, 0) is 11.3 Å². The van der Waals surface area contributed by atoms with Gasteiger partial charge in [0.15, 0.2) is 0 Å². The van der Waals surface area contributed by atoms with Crippen LogP contribution in [0.4, 0.5) is 0 Å². The highest BCUT2D eigenvalue weighted by Gasteiger charge is 2.33. The molecular formula is C19H29NO3. The molecule has 2 rings (SSSR count). The van der Waals surface area contributed by atoms with Crippen LogP contribution < -0.4 is 9.47 Å². The van der Waals surface area contributed by atoms with Gasteiger partial charge in [0.25, 0.3) is 0 Å². The molecule has 1 fully saturated rings. The van der Waals surface area contributed by atoms with Gasteiger partial charge in [0.1, 0.15) is 11.5 Å². The van der Waals surface area contributed by atoms with E-state index in [-0.39, 0.29) is 5.91 Å². The average Bonchev–Trinajstić information content (AvgIpc) is 3.37. The van der Waals surface area contributed by atoms with E-state index in [4.69, 9.17) is 9.47 Å². The highest BCUT2D eigenvalue weighted by Crippen LogP contribution is 2.33. The van der Waals surface area contributed by atoms with Crippen LogP contribution in [0, 0.1) is 5.92 Å². The van der Waals surface area contributed by atoms with Gasteiger partial charge in [0.05, 0.1) is 14.2 Å². The molecule has 0 heterocycles. The van der Waals surface area contributed by atoms with Crippen LogP contribution in [0.15, 0.2) is 18.2 Å². The minimum Gasteiger partial charge on any atom is -0.497 e. The standard InChI is InChI=1S/C19H29NO3/c1-5-6-14(2)11-19(21)20(16-7-8-16)13-15-12-17(22-3)9-10-18(15)23-4/h9-10,12,14,16H,5-8,11,13H2,1-4H3. The largest absolute Gasteiger partial charge is 0.497 e. The molecule has 1 unspecified atom stereocenters. The Morgan fingerprint density at radius 3 is 2.61 bits per heavy atom. The minimum atomic E-state index is 0.262.